The van der Waals surface area contributed by atoms with Crippen molar-refractivity contribution >= 4 is 30.7 Å². The van der Waals surface area contributed by atoms with E-state index in [0.717, 1.165) is 42.9 Å². The second-order valence-electron chi connectivity index (χ2n) is 7.14. The Balaban J connectivity index is 0.00000196. The van der Waals surface area contributed by atoms with Crippen LogP contribution < -0.4 is 16.2 Å². The van der Waals surface area contributed by atoms with Crippen molar-refractivity contribution in [2.24, 2.45) is 5.92 Å². The van der Waals surface area contributed by atoms with Crippen LogP contribution >= 0.6 is 24.8 Å². The van der Waals surface area contributed by atoms with Crippen molar-refractivity contribution in [1.29, 1.82) is 0 Å². The lowest BCUT2D eigenvalue weighted by molar-refractivity contribution is 0.0948. The molecule has 1 amide bonds. The molecule has 3 N–H and O–H groups in total. The number of hydrogen-bond donors (Lipinski definition) is 3. The molecule has 9 heteroatoms. The van der Waals surface area contributed by atoms with Crippen LogP contribution in [0.4, 0.5) is 0 Å². The number of carbonyl (C=O) groups is 1. The lowest BCUT2D eigenvalue weighted by Crippen LogP contribution is -2.37. The standard InChI is InChI=1S/C19H27N5O2.2ClH/c1-12-6-8-24(11-15-5-4-7-20-9-15)19(26)17(12)18(25)21-10-16-13(2)22-23-14(16)3;;/h6,8,15,20H,4-5,7,9-11H2,1-3H3,(H,21,25)(H,22,23);2*1H. The predicted octanol–water partition coefficient (Wildman–Crippen LogP) is 2.27. The van der Waals surface area contributed by atoms with E-state index in [0.29, 0.717) is 24.6 Å². The summed E-state index contributed by atoms with van der Waals surface area (Å²) in [7, 11) is 0. The number of hydrogen-bond acceptors (Lipinski definition) is 4. The molecule has 0 aromatic carbocycles. The Labute approximate surface area is 177 Å². The Bertz CT molecular complexity index is 837. The second kappa shape index (κ2) is 10.6. The molecule has 1 aliphatic rings. The van der Waals surface area contributed by atoms with Gasteiger partial charge in [-0.2, -0.15) is 5.10 Å². The highest BCUT2D eigenvalue weighted by molar-refractivity contribution is 5.95. The van der Waals surface area contributed by atoms with Crippen LogP contribution in [0.1, 0.15) is 45.7 Å². The molecular weight excluding hydrogens is 401 g/mol. The fourth-order valence-corrected chi connectivity index (χ4v) is 3.53. The van der Waals surface area contributed by atoms with Gasteiger partial charge < -0.3 is 15.2 Å². The van der Waals surface area contributed by atoms with Crippen molar-refractivity contribution in [3.05, 3.63) is 50.7 Å². The molecular formula is C19H29Cl2N5O2. The highest BCUT2D eigenvalue weighted by atomic mass is 35.5. The first-order chi connectivity index (χ1) is 12.5. The number of nitrogens with zero attached hydrogens (tertiary/aromatic N) is 2. The molecule has 2 aromatic heterocycles. The lowest BCUT2D eigenvalue weighted by Gasteiger charge is -2.23. The Kier molecular flexibility index (Phi) is 9.20. The average Bonchev–Trinajstić information content (AvgIpc) is 2.95. The Morgan fingerprint density at radius 3 is 2.68 bits per heavy atom. The molecule has 0 spiro atoms. The van der Waals surface area contributed by atoms with Crippen LogP contribution in [0, 0.1) is 26.7 Å². The van der Waals surface area contributed by atoms with Gasteiger partial charge in [-0.3, -0.25) is 14.7 Å². The van der Waals surface area contributed by atoms with Crippen molar-refractivity contribution in [2.45, 2.75) is 46.7 Å². The van der Waals surface area contributed by atoms with Gasteiger partial charge in [0.1, 0.15) is 5.56 Å². The van der Waals surface area contributed by atoms with Gasteiger partial charge in [0, 0.05) is 30.5 Å². The van der Waals surface area contributed by atoms with Crippen LogP contribution in [0.15, 0.2) is 17.1 Å². The first kappa shape index (κ1) is 24.2. The number of amides is 1. The Morgan fingerprint density at radius 1 is 1.32 bits per heavy atom. The van der Waals surface area contributed by atoms with Crippen molar-refractivity contribution < 1.29 is 4.79 Å². The highest BCUT2D eigenvalue weighted by Gasteiger charge is 2.19. The number of carbonyl (C=O) groups excluding carboxylic acids is 1. The van der Waals surface area contributed by atoms with E-state index in [1.807, 2.05) is 19.9 Å². The van der Waals surface area contributed by atoms with E-state index in [1.54, 1.807) is 17.7 Å². The number of H-pyrrole nitrogens is 1. The maximum atomic E-state index is 12.9. The van der Waals surface area contributed by atoms with E-state index in [-0.39, 0.29) is 41.8 Å². The smallest absolute Gasteiger partial charge is 0.263 e. The van der Waals surface area contributed by atoms with Crippen molar-refractivity contribution in [2.75, 3.05) is 13.1 Å². The van der Waals surface area contributed by atoms with Gasteiger partial charge >= 0.3 is 0 Å². The molecule has 1 saturated heterocycles. The third-order valence-electron chi connectivity index (χ3n) is 5.16. The number of aromatic nitrogens is 3. The van der Waals surface area contributed by atoms with Gasteiger partial charge in [0.25, 0.3) is 11.5 Å². The molecule has 7 nitrogen and oxygen atoms in total. The SMILES string of the molecule is Cc1ccn(CC2CCCNC2)c(=O)c1C(=O)NCc1c(C)n[nH]c1C.Cl.Cl. The number of aryl methyl sites for hydroxylation is 3. The Hall–Kier alpha value is -1.83. The Morgan fingerprint density at radius 2 is 2.07 bits per heavy atom. The molecule has 0 saturated carbocycles. The summed E-state index contributed by atoms with van der Waals surface area (Å²) in [6, 6.07) is 1.85. The molecule has 3 heterocycles. The van der Waals surface area contributed by atoms with E-state index in [2.05, 4.69) is 20.8 Å². The first-order valence-corrected chi connectivity index (χ1v) is 9.16. The summed E-state index contributed by atoms with van der Waals surface area (Å²) in [6.45, 7) is 8.57. The molecule has 0 bridgehead atoms. The van der Waals surface area contributed by atoms with E-state index in [9.17, 15) is 9.59 Å². The monoisotopic (exact) mass is 429 g/mol. The number of piperidine rings is 1. The highest BCUT2D eigenvalue weighted by Crippen LogP contribution is 2.13. The third kappa shape index (κ3) is 5.37. The number of nitrogens with one attached hydrogen (secondary N) is 3. The van der Waals surface area contributed by atoms with E-state index in [4.69, 9.17) is 0 Å². The second-order valence-corrected chi connectivity index (χ2v) is 7.14. The van der Waals surface area contributed by atoms with Crippen LogP contribution in [0.5, 0.6) is 0 Å². The fourth-order valence-electron chi connectivity index (χ4n) is 3.53. The molecule has 1 fully saturated rings. The molecule has 28 heavy (non-hydrogen) atoms. The summed E-state index contributed by atoms with van der Waals surface area (Å²) >= 11 is 0. The zero-order valence-electron chi connectivity index (χ0n) is 16.5. The molecule has 2 aromatic rings. The first-order valence-electron chi connectivity index (χ1n) is 9.16. The van der Waals surface area contributed by atoms with Crippen LogP contribution in [-0.4, -0.2) is 33.8 Å². The molecule has 1 aliphatic heterocycles. The maximum absolute atomic E-state index is 12.9. The van der Waals surface area contributed by atoms with Crippen molar-refractivity contribution in [3.8, 4) is 0 Å². The van der Waals surface area contributed by atoms with Crippen molar-refractivity contribution in [1.82, 2.24) is 25.4 Å². The molecule has 156 valence electrons. The summed E-state index contributed by atoms with van der Waals surface area (Å²) in [4.78, 5) is 25.5. The molecule has 0 radical (unpaired) electrons. The summed E-state index contributed by atoms with van der Waals surface area (Å²) in [6.07, 6.45) is 4.03. The third-order valence-corrected chi connectivity index (χ3v) is 5.16. The molecule has 3 rings (SSSR count). The van der Waals surface area contributed by atoms with Crippen molar-refractivity contribution in [3.63, 3.8) is 0 Å². The largest absolute Gasteiger partial charge is 0.348 e. The molecule has 0 aliphatic carbocycles. The lowest BCUT2D eigenvalue weighted by atomic mass is 9.99. The van der Waals surface area contributed by atoms with Crippen LogP contribution in [-0.2, 0) is 13.1 Å². The van der Waals surface area contributed by atoms with Crippen LogP contribution in [0.2, 0.25) is 0 Å². The zero-order valence-corrected chi connectivity index (χ0v) is 18.1. The number of halogens is 2. The van der Waals surface area contributed by atoms with Gasteiger partial charge in [0.15, 0.2) is 0 Å². The summed E-state index contributed by atoms with van der Waals surface area (Å²) in [5.41, 5.74) is 3.46. The van der Waals surface area contributed by atoms with E-state index < -0.39 is 0 Å². The van der Waals surface area contributed by atoms with Gasteiger partial charge in [-0.15, -0.1) is 24.8 Å². The fraction of sp³-hybridized carbons (Fsp3) is 0.526. The summed E-state index contributed by atoms with van der Waals surface area (Å²) in [5.74, 6) is 0.0971. The van der Waals surface area contributed by atoms with E-state index in [1.165, 1.54) is 0 Å². The topological polar surface area (TPSA) is 91.8 Å². The van der Waals surface area contributed by atoms with Gasteiger partial charge in [-0.05, 0) is 64.3 Å². The van der Waals surface area contributed by atoms with Crippen LogP contribution in [0.25, 0.3) is 0 Å². The van der Waals surface area contributed by atoms with Gasteiger partial charge in [0.05, 0.1) is 5.69 Å². The minimum absolute atomic E-state index is 0. The number of pyridine rings is 1. The van der Waals surface area contributed by atoms with Crippen LogP contribution in [0.3, 0.4) is 0 Å². The maximum Gasteiger partial charge on any atom is 0.263 e. The van der Waals surface area contributed by atoms with E-state index >= 15 is 0 Å². The minimum atomic E-state index is -0.330. The quantitative estimate of drug-likeness (QED) is 0.679. The molecule has 1 unspecified atom stereocenters. The number of aromatic amines is 1. The summed E-state index contributed by atoms with van der Waals surface area (Å²) in [5, 5.41) is 13.3. The predicted molar refractivity (Wildman–Crippen MR) is 115 cm³/mol. The summed E-state index contributed by atoms with van der Waals surface area (Å²) < 4.78 is 1.67. The number of rotatable bonds is 5. The van der Waals surface area contributed by atoms with Gasteiger partial charge in [0.2, 0.25) is 0 Å². The van der Waals surface area contributed by atoms with Gasteiger partial charge in [-0.1, -0.05) is 0 Å². The minimum Gasteiger partial charge on any atom is -0.348 e. The average molecular weight is 430 g/mol. The van der Waals surface area contributed by atoms with Gasteiger partial charge in [-0.25, -0.2) is 0 Å². The molecule has 1 atom stereocenters. The normalized spacial score (nSPS) is 16.0. The zero-order chi connectivity index (χ0) is 18.7.